The third-order valence-electron chi connectivity index (χ3n) is 4.00. The summed E-state index contributed by atoms with van der Waals surface area (Å²) in [5, 5.41) is 3.44. The first-order chi connectivity index (χ1) is 12.9. The highest BCUT2D eigenvalue weighted by atomic mass is 35.5. The minimum Gasteiger partial charge on any atom is -0.326 e. The van der Waals surface area contributed by atoms with Crippen molar-refractivity contribution in [3.63, 3.8) is 0 Å². The van der Waals surface area contributed by atoms with Gasteiger partial charge in [-0.3, -0.25) is 9.78 Å². The van der Waals surface area contributed by atoms with E-state index >= 15 is 0 Å². The first-order valence-corrected chi connectivity index (χ1v) is 9.52. The predicted octanol–water partition coefficient (Wildman–Crippen LogP) is 4.66. The molecule has 2 heterocycles. The number of pyridine rings is 1. The van der Waals surface area contributed by atoms with E-state index in [1.165, 1.54) is 29.5 Å². The topological polar surface area (TPSA) is 80.9 Å². The zero-order valence-corrected chi connectivity index (χ0v) is 16.1. The number of thiazole rings is 1. The third kappa shape index (κ3) is 4.88. The smallest absolute Gasteiger partial charge is 0.227 e. The summed E-state index contributed by atoms with van der Waals surface area (Å²) < 4.78 is 13.2. The van der Waals surface area contributed by atoms with Crippen LogP contribution in [0.1, 0.15) is 24.4 Å². The molecule has 0 aliphatic rings. The number of halogens is 2. The Bertz CT molecular complexity index is 934. The van der Waals surface area contributed by atoms with Crippen LogP contribution in [0, 0.1) is 11.7 Å². The maximum absolute atomic E-state index is 13.2. The van der Waals surface area contributed by atoms with Crippen molar-refractivity contribution >= 4 is 34.5 Å². The average Bonchev–Trinajstić information content (AvgIpc) is 3.16. The molecule has 2 aromatic heterocycles. The zero-order chi connectivity index (χ0) is 19.4. The number of anilines is 1. The highest BCUT2D eigenvalue weighted by Gasteiger charge is 2.20. The van der Waals surface area contributed by atoms with E-state index in [2.05, 4.69) is 15.3 Å². The maximum Gasteiger partial charge on any atom is 0.227 e. The minimum atomic E-state index is -0.530. The van der Waals surface area contributed by atoms with Crippen LogP contribution in [0.4, 0.5) is 10.1 Å². The Balaban J connectivity index is 1.61. The largest absolute Gasteiger partial charge is 0.326 e. The number of rotatable bonds is 6. The fourth-order valence-electron chi connectivity index (χ4n) is 2.51. The molecule has 0 bridgehead atoms. The summed E-state index contributed by atoms with van der Waals surface area (Å²) >= 11 is 7.20. The van der Waals surface area contributed by atoms with Crippen LogP contribution in [-0.2, 0) is 4.79 Å². The Morgan fingerprint density at radius 1 is 1.33 bits per heavy atom. The molecule has 3 aromatic rings. The SMILES string of the molecule is C[C@@H](C[C@@H](N)c1ncc(-c2ccccn2)s1)C(=O)Nc1ccc(F)c(Cl)c1. The summed E-state index contributed by atoms with van der Waals surface area (Å²) in [7, 11) is 0. The van der Waals surface area contributed by atoms with Crippen molar-refractivity contribution in [2.45, 2.75) is 19.4 Å². The second-order valence-electron chi connectivity index (χ2n) is 6.14. The molecule has 140 valence electrons. The van der Waals surface area contributed by atoms with Gasteiger partial charge in [-0.25, -0.2) is 9.37 Å². The van der Waals surface area contributed by atoms with E-state index in [1.807, 2.05) is 18.2 Å². The molecule has 0 saturated heterocycles. The van der Waals surface area contributed by atoms with Gasteiger partial charge in [0.15, 0.2) is 0 Å². The van der Waals surface area contributed by atoms with E-state index in [1.54, 1.807) is 19.3 Å². The van der Waals surface area contributed by atoms with E-state index in [-0.39, 0.29) is 22.9 Å². The second-order valence-corrected chi connectivity index (χ2v) is 7.61. The van der Waals surface area contributed by atoms with Crippen molar-refractivity contribution in [2.75, 3.05) is 5.32 Å². The van der Waals surface area contributed by atoms with Crippen molar-refractivity contribution in [3.05, 3.63) is 64.6 Å². The molecule has 0 radical (unpaired) electrons. The molecule has 1 amide bonds. The average molecular weight is 405 g/mol. The molecule has 1 aromatic carbocycles. The Labute approximate surface area is 165 Å². The molecule has 2 atom stereocenters. The lowest BCUT2D eigenvalue weighted by atomic mass is 10.0. The summed E-state index contributed by atoms with van der Waals surface area (Å²) in [6, 6.07) is 9.36. The van der Waals surface area contributed by atoms with E-state index in [4.69, 9.17) is 17.3 Å². The number of benzene rings is 1. The van der Waals surface area contributed by atoms with Gasteiger partial charge in [0, 0.05) is 24.0 Å². The minimum absolute atomic E-state index is 0.0398. The number of amides is 1. The van der Waals surface area contributed by atoms with Crippen LogP contribution in [0.5, 0.6) is 0 Å². The van der Waals surface area contributed by atoms with Crippen LogP contribution in [0.25, 0.3) is 10.6 Å². The molecule has 8 heteroatoms. The summed E-state index contributed by atoms with van der Waals surface area (Å²) in [6.07, 6.45) is 3.89. The second kappa shape index (κ2) is 8.56. The highest BCUT2D eigenvalue weighted by molar-refractivity contribution is 7.15. The van der Waals surface area contributed by atoms with Crippen molar-refractivity contribution in [1.29, 1.82) is 0 Å². The number of nitrogens with two attached hydrogens (primary N) is 1. The van der Waals surface area contributed by atoms with Crippen molar-refractivity contribution in [3.8, 4) is 10.6 Å². The molecule has 27 heavy (non-hydrogen) atoms. The molecule has 3 N–H and O–H groups in total. The van der Waals surface area contributed by atoms with Crippen LogP contribution in [0.3, 0.4) is 0 Å². The van der Waals surface area contributed by atoms with Gasteiger partial charge in [0.05, 0.1) is 21.6 Å². The Morgan fingerprint density at radius 3 is 2.85 bits per heavy atom. The molecule has 0 aliphatic carbocycles. The lowest BCUT2D eigenvalue weighted by molar-refractivity contribution is -0.119. The molecule has 0 saturated carbocycles. The summed E-state index contributed by atoms with van der Waals surface area (Å²) in [5.41, 5.74) is 7.52. The van der Waals surface area contributed by atoms with Crippen LogP contribution >= 0.6 is 22.9 Å². The molecule has 5 nitrogen and oxygen atoms in total. The van der Waals surface area contributed by atoms with Gasteiger partial charge in [-0.2, -0.15) is 0 Å². The number of nitrogens with zero attached hydrogens (tertiary/aromatic N) is 2. The standard InChI is InChI=1S/C19H18ClFN4OS/c1-11(18(26)25-12-5-6-14(21)13(20)9-12)8-15(22)19-24-10-17(27-19)16-4-2-3-7-23-16/h2-7,9-11,15H,8,22H2,1H3,(H,25,26)/t11-,15+/m0/s1. The van der Waals surface area contributed by atoms with E-state index in [0.717, 1.165) is 15.6 Å². The lowest BCUT2D eigenvalue weighted by Gasteiger charge is -2.15. The van der Waals surface area contributed by atoms with Gasteiger partial charge in [0.25, 0.3) is 0 Å². The Morgan fingerprint density at radius 2 is 2.15 bits per heavy atom. The molecular formula is C19H18ClFN4OS. The number of aromatic nitrogens is 2. The third-order valence-corrected chi connectivity index (χ3v) is 5.44. The first-order valence-electron chi connectivity index (χ1n) is 8.32. The highest BCUT2D eigenvalue weighted by Crippen LogP contribution is 2.29. The fourth-order valence-corrected chi connectivity index (χ4v) is 3.60. The maximum atomic E-state index is 13.2. The zero-order valence-electron chi connectivity index (χ0n) is 14.5. The van der Waals surface area contributed by atoms with Gasteiger partial charge >= 0.3 is 0 Å². The molecule has 0 spiro atoms. The predicted molar refractivity (Wildman–Crippen MR) is 106 cm³/mol. The summed E-state index contributed by atoms with van der Waals surface area (Å²) in [6.45, 7) is 1.79. The van der Waals surface area contributed by atoms with Gasteiger partial charge < -0.3 is 11.1 Å². The number of hydrogen-bond donors (Lipinski definition) is 2. The lowest BCUT2D eigenvalue weighted by Crippen LogP contribution is -2.24. The summed E-state index contributed by atoms with van der Waals surface area (Å²) in [5.74, 6) is -1.10. The Hall–Kier alpha value is -2.35. The monoisotopic (exact) mass is 404 g/mol. The quantitative estimate of drug-likeness (QED) is 0.626. The van der Waals surface area contributed by atoms with Crippen molar-refractivity contribution in [2.24, 2.45) is 11.7 Å². The first kappa shape index (κ1) is 19.4. The van der Waals surface area contributed by atoms with Gasteiger partial charge in [-0.05, 0) is 36.8 Å². The molecule has 3 rings (SSSR count). The van der Waals surface area contributed by atoms with Crippen molar-refractivity contribution < 1.29 is 9.18 Å². The number of carbonyl (C=O) groups excluding carboxylic acids is 1. The van der Waals surface area contributed by atoms with E-state index in [0.29, 0.717) is 12.1 Å². The summed E-state index contributed by atoms with van der Waals surface area (Å²) in [4.78, 5) is 22.0. The van der Waals surface area contributed by atoms with Crippen LogP contribution < -0.4 is 11.1 Å². The fraction of sp³-hybridized carbons (Fsp3) is 0.211. The van der Waals surface area contributed by atoms with Crippen LogP contribution in [0.15, 0.2) is 48.8 Å². The van der Waals surface area contributed by atoms with Gasteiger partial charge in [0.1, 0.15) is 10.8 Å². The van der Waals surface area contributed by atoms with Crippen LogP contribution in [-0.4, -0.2) is 15.9 Å². The van der Waals surface area contributed by atoms with E-state index in [9.17, 15) is 9.18 Å². The molecular weight excluding hydrogens is 387 g/mol. The Kier molecular flexibility index (Phi) is 6.15. The molecule has 0 fully saturated rings. The number of carbonyl (C=O) groups is 1. The molecule has 0 aliphatic heterocycles. The molecule has 0 unspecified atom stereocenters. The van der Waals surface area contributed by atoms with E-state index < -0.39 is 5.82 Å². The van der Waals surface area contributed by atoms with Gasteiger partial charge in [-0.15, -0.1) is 11.3 Å². The van der Waals surface area contributed by atoms with Crippen LogP contribution in [0.2, 0.25) is 5.02 Å². The van der Waals surface area contributed by atoms with Gasteiger partial charge in [-0.1, -0.05) is 24.6 Å². The van der Waals surface area contributed by atoms with Crippen molar-refractivity contribution in [1.82, 2.24) is 9.97 Å². The normalized spacial score (nSPS) is 13.2. The van der Waals surface area contributed by atoms with Gasteiger partial charge in [0.2, 0.25) is 5.91 Å². The number of nitrogens with one attached hydrogen (secondary N) is 1. The number of hydrogen-bond acceptors (Lipinski definition) is 5.